The summed E-state index contributed by atoms with van der Waals surface area (Å²) >= 11 is 7.22. The molecule has 0 aromatic carbocycles. The second kappa shape index (κ2) is 5.79. The smallest absolute Gasteiger partial charge is 0.329 e. The van der Waals surface area contributed by atoms with Crippen LogP contribution in [0.2, 0.25) is 4.34 Å². The molecular formula is C12H17ClN2O3S. The fourth-order valence-corrected chi connectivity index (χ4v) is 2.52. The van der Waals surface area contributed by atoms with Gasteiger partial charge in [-0.15, -0.1) is 11.3 Å². The standard InChI is InChI=1S/C12H17ClN2O3S/c1-12(2,10(16)17)15(4)11(18)14(3)7-8-5-6-9(13)19-8/h5-6H,7H2,1-4H3,(H,16,17). The van der Waals surface area contributed by atoms with Crippen molar-refractivity contribution in [3.63, 3.8) is 0 Å². The number of halogens is 1. The third-order valence-electron chi connectivity index (χ3n) is 3.00. The van der Waals surface area contributed by atoms with Crippen molar-refractivity contribution in [2.24, 2.45) is 0 Å². The Hall–Kier alpha value is -1.27. The molecule has 1 aromatic rings. The van der Waals surface area contributed by atoms with E-state index in [1.165, 1.54) is 42.0 Å². The highest BCUT2D eigenvalue weighted by atomic mass is 35.5. The number of carbonyl (C=O) groups excluding carboxylic acids is 1. The summed E-state index contributed by atoms with van der Waals surface area (Å²) in [6, 6.07) is 3.26. The SMILES string of the molecule is CN(Cc1ccc(Cl)s1)C(=O)N(C)C(C)(C)C(=O)O. The molecular weight excluding hydrogens is 288 g/mol. The zero-order chi connectivity index (χ0) is 14.8. The number of carboxylic acids is 1. The van der Waals surface area contributed by atoms with Crippen molar-refractivity contribution in [3.8, 4) is 0 Å². The maximum atomic E-state index is 12.2. The molecule has 0 atom stereocenters. The predicted molar refractivity (Wildman–Crippen MR) is 75.7 cm³/mol. The molecule has 0 fully saturated rings. The zero-order valence-corrected chi connectivity index (χ0v) is 12.9. The molecule has 0 unspecified atom stereocenters. The number of aliphatic carboxylic acids is 1. The molecule has 0 saturated heterocycles. The van der Waals surface area contributed by atoms with E-state index < -0.39 is 11.5 Å². The Bertz CT molecular complexity index is 487. The fraction of sp³-hybridized carbons (Fsp3) is 0.500. The largest absolute Gasteiger partial charge is 0.480 e. The van der Waals surface area contributed by atoms with Crippen molar-refractivity contribution >= 4 is 34.9 Å². The lowest BCUT2D eigenvalue weighted by molar-refractivity contribution is -0.147. The number of carboxylic acid groups (broad SMARTS) is 1. The molecule has 0 saturated carbocycles. The number of amides is 2. The van der Waals surface area contributed by atoms with Gasteiger partial charge in [-0.3, -0.25) is 0 Å². The Kier molecular flexibility index (Phi) is 4.81. The van der Waals surface area contributed by atoms with Crippen molar-refractivity contribution in [3.05, 3.63) is 21.3 Å². The molecule has 1 aromatic heterocycles. The third kappa shape index (κ3) is 3.61. The Morgan fingerprint density at radius 2 is 1.95 bits per heavy atom. The van der Waals surface area contributed by atoms with Crippen molar-refractivity contribution in [1.82, 2.24) is 9.80 Å². The Balaban J connectivity index is 2.74. The van der Waals surface area contributed by atoms with Crippen LogP contribution in [-0.2, 0) is 11.3 Å². The van der Waals surface area contributed by atoms with Gasteiger partial charge in [0.2, 0.25) is 0 Å². The molecule has 0 spiro atoms. The third-order valence-corrected chi connectivity index (χ3v) is 4.21. The van der Waals surface area contributed by atoms with Crippen LogP contribution in [0.4, 0.5) is 4.79 Å². The summed E-state index contributed by atoms with van der Waals surface area (Å²) < 4.78 is 0.662. The summed E-state index contributed by atoms with van der Waals surface area (Å²) in [4.78, 5) is 26.9. The summed E-state index contributed by atoms with van der Waals surface area (Å²) in [6.45, 7) is 3.38. The van der Waals surface area contributed by atoms with Gasteiger partial charge < -0.3 is 14.9 Å². The predicted octanol–water partition coefficient (Wildman–Crippen LogP) is 2.75. The van der Waals surface area contributed by atoms with Crippen molar-refractivity contribution < 1.29 is 14.7 Å². The summed E-state index contributed by atoms with van der Waals surface area (Å²) in [6.07, 6.45) is 0. The van der Waals surface area contributed by atoms with Crippen LogP contribution in [0.15, 0.2) is 12.1 Å². The van der Waals surface area contributed by atoms with E-state index in [1.807, 2.05) is 6.07 Å². The van der Waals surface area contributed by atoms with Gasteiger partial charge in [-0.05, 0) is 26.0 Å². The van der Waals surface area contributed by atoms with Crippen molar-refractivity contribution in [2.45, 2.75) is 25.9 Å². The van der Waals surface area contributed by atoms with E-state index in [-0.39, 0.29) is 6.03 Å². The molecule has 5 nitrogen and oxygen atoms in total. The van der Waals surface area contributed by atoms with E-state index in [0.717, 1.165) is 4.88 Å². The summed E-state index contributed by atoms with van der Waals surface area (Å²) in [7, 11) is 3.11. The lowest BCUT2D eigenvalue weighted by Gasteiger charge is -2.34. The maximum absolute atomic E-state index is 12.2. The maximum Gasteiger partial charge on any atom is 0.329 e. The molecule has 1 rings (SSSR count). The van der Waals surface area contributed by atoms with Gasteiger partial charge in [0.1, 0.15) is 5.54 Å². The van der Waals surface area contributed by atoms with Crippen molar-refractivity contribution in [1.29, 1.82) is 0 Å². The molecule has 19 heavy (non-hydrogen) atoms. The molecule has 0 bridgehead atoms. The quantitative estimate of drug-likeness (QED) is 0.930. The number of likely N-dealkylation sites (N-methyl/N-ethyl adjacent to an activating group) is 1. The van der Waals surface area contributed by atoms with Crippen LogP contribution >= 0.6 is 22.9 Å². The minimum absolute atomic E-state index is 0.350. The van der Waals surface area contributed by atoms with E-state index >= 15 is 0 Å². The second-order valence-corrected chi connectivity index (χ2v) is 6.57. The summed E-state index contributed by atoms with van der Waals surface area (Å²) in [5, 5.41) is 9.11. The van der Waals surface area contributed by atoms with Gasteiger partial charge in [0.05, 0.1) is 10.9 Å². The summed E-state index contributed by atoms with van der Waals surface area (Å²) in [5.41, 5.74) is -1.25. The number of rotatable bonds is 4. The molecule has 0 radical (unpaired) electrons. The first kappa shape index (κ1) is 15.8. The van der Waals surface area contributed by atoms with Crippen LogP contribution < -0.4 is 0 Å². The molecule has 0 aliphatic carbocycles. The van der Waals surface area contributed by atoms with Crippen molar-refractivity contribution in [2.75, 3.05) is 14.1 Å². The van der Waals surface area contributed by atoms with E-state index in [4.69, 9.17) is 16.7 Å². The van der Waals surface area contributed by atoms with Crippen LogP contribution in [-0.4, -0.2) is 46.5 Å². The first-order valence-electron chi connectivity index (χ1n) is 5.62. The van der Waals surface area contributed by atoms with Crippen LogP contribution in [0.5, 0.6) is 0 Å². The number of hydrogen-bond donors (Lipinski definition) is 1. The van der Waals surface area contributed by atoms with Crippen LogP contribution in [0, 0.1) is 0 Å². The Labute approximate surface area is 121 Å². The highest BCUT2D eigenvalue weighted by Crippen LogP contribution is 2.23. The second-order valence-electron chi connectivity index (χ2n) is 4.77. The number of hydrogen-bond acceptors (Lipinski definition) is 3. The van der Waals surface area contributed by atoms with E-state index in [0.29, 0.717) is 10.9 Å². The van der Waals surface area contributed by atoms with Gasteiger partial charge >= 0.3 is 12.0 Å². The molecule has 0 aliphatic rings. The Morgan fingerprint density at radius 1 is 1.37 bits per heavy atom. The molecule has 1 heterocycles. The monoisotopic (exact) mass is 304 g/mol. The lowest BCUT2D eigenvalue weighted by atomic mass is 10.0. The van der Waals surface area contributed by atoms with Gasteiger partial charge in [-0.1, -0.05) is 11.6 Å². The Morgan fingerprint density at radius 3 is 2.37 bits per heavy atom. The van der Waals surface area contributed by atoms with Gasteiger partial charge in [0.25, 0.3) is 0 Å². The average molecular weight is 305 g/mol. The van der Waals surface area contributed by atoms with Gasteiger partial charge in [0.15, 0.2) is 0 Å². The van der Waals surface area contributed by atoms with Gasteiger partial charge in [-0.2, -0.15) is 0 Å². The fourth-order valence-electron chi connectivity index (χ4n) is 1.38. The van der Waals surface area contributed by atoms with Gasteiger partial charge in [0, 0.05) is 19.0 Å². The van der Waals surface area contributed by atoms with E-state index in [9.17, 15) is 9.59 Å². The first-order chi connectivity index (χ1) is 8.66. The van der Waals surface area contributed by atoms with E-state index in [1.54, 1.807) is 13.1 Å². The highest BCUT2D eigenvalue weighted by molar-refractivity contribution is 7.16. The molecule has 2 amide bonds. The number of thiophene rings is 1. The first-order valence-corrected chi connectivity index (χ1v) is 6.82. The normalized spacial score (nSPS) is 11.2. The van der Waals surface area contributed by atoms with Crippen LogP contribution in [0.1, 0.15) is 18.7 Å². The molecule has 106 valence electrons. The molecule has 7 heteroatoms. The van der Waals surface area contributed by atoms with Crippen LogP contribution in [0.3, 0.4) is 0 Å². The number of urea groups is 1. The van der Waals surface area contributed by atoms with Gasteiger partial charge in [-0.25, -0.2) is 9.59 Å². The minimum Gasteiger partial charge on any atom is -0.480 e. The lowest BCUT2D eigenvalue weighted by Crippen LogP contribution is -2.54. The average Bonchev–Trinajstić information content (AvgIpc) is 2.72. The number of nitrogens with zero attached hydrogens (tertiary/aromatic N) is 2. The molecule has 0 aliphatic heterocycles. The number of carbonyl (C=O) groups is 2. The van der Waals surface area contributed by atoms with Crippen LogP contribution in [0.25, 0.3) is 0 Å². The molecule has 1 N–H and O–H groups in total. The minimum atomic E-state index is -1.25. The topological polar surface area (TPSA) is 60.9 Å². The highest BCUT2D eigenvalue weighted by Gasteiger charge is 2.36. The zero-order valence-electron chi connectivity index (χ0n) is 11.3. The summed E-state index contributed by atoms with van der Waals surface area (Å²) in [5.74, 6) is -1.05. The van der Waals surface area contributed by atoms with E-state index in [2.05, 4.69) is 0 Å².